The molecule has 0 bridgehead atoms. The van der Waals surface area contributed by atoms with Gasteiger partial charge in [-0.1, -0.05) is 0 Å². The molecule has 26 heavy (non-hydrogen) atoms. The number of ether oxygens (including phenoxy) is 1. The number of amides is 1. The number of nitrogens with zero attached hydrogens (tertiary/aromatic N) is 2. The van der Waals surface area contributed by atoms with Gasteiger partial charge in [-0.2, -0.15) is 0 Å². The summed E-state index contributed by atoms with van der Waals surface area (Å²) in [6.07, 6.45) is 2.13. The molecule has 0 spiro atoms. The SMILES string of the molecule is Cc1nc(N2CCOCC2)[nH]c(=O)c1CCC(=O)NC(C)c1ccco1. The molecule has 8 heteroatoms. The molecule has 140 valence electrons. The van der Waals surface area contributed by atoms with Crippen LogP contribution in [0.25, 0.3) is 0 Å². The maximum absolute atomic E-state index is 12.4. The monoisotopic (exact) mass is 360 g/mol. The van der Waals surface area contributed by atoms with Crippen LogP contribution in [0.5, 0.6) is 0 Å². The first kappa shape index (κ1) is 18.2. The zero-order valence-corrected chi connectivity index (χ0v) is 15.1. The number of nitrogens with one attached hydrogen (secondary N) is 2. The topological polar surface area (TPSA) is 100 Å². The summed E-state index contributed by atoms with van der Waals surface area (Å²) in [6, 6.07) is 3.38. The van der Waals surface area contributed by atoms with Gasteiger partial charge in [0, 0.05) is 30.8 Å². The number of rotatable bonds is 6. The van der Waals surface area contributed by atoms with Crippen molar-refractivity contribution in [1.82, 2.24) is 15.3 Å². The highest BCUT2D eigenvalue weighted by Crippen LogP contribution is 2.14. The molecule has 2 aromatic heterocycles. The third-order valence-corrected chi connectivity index (χ3v) is 4.47. The van der Waals surface area contributed by atoms with Gasteiger partial charge >= 0.3 is 0 Å². The van der Waals surface area contributed by atoms with Gasteiger partial charge in [-0.05, 0) is 32.4 Å². The summed E-state index contributed by atoms with van der Waals surface area (Å²) in [5, 5.41) is 2.87. The number of carbonyl (C=O) groups excluding carboxylic acids is 1. The minimum Gasteiger partial charge on any atom is -0.467 e. The number of morpholine rings is 1. The highest BCUT2D eigenvalue weighted by molar-refractivity contribution is 5.76. The summed E-state index contributed by atoms with van der Waals surface area (Å²) in [7, 11) is 0. The summed E-state index contributed by atoms with van der Waals surface area (Å²) in [5.74, 6) is 1.13. The van der Waals surface area contributed by atoms with Gasteiger partial charge in [-0.15, -0.1) is 0 Å². The van der Waals surface area contributed by atoms with Crippen LogP contribution in [-0.2, 0) is 16.0 Å². The standard InChI is InChI=1S/C18H24N4O4/c1-12-14(5-6-16(23)19-13(2)15-4-3-9-26-15)17(24)21-18(20-12)22-7-10-25-11-8-22/h3-4,9,13H,5-8,10-11H2,1-2H3,(H,19,23)(H,20,21,24). The predicted molar refractivity (Wildman–Crippen MR) is 96.2 cm³/mol. The van der Waals surface area contributed by atoms with E-state index in [0.29, 0.717) is 55.7 Å². The van der Waals surface area contributed by atoms with Gasteiger partial charge in [0.1, 0.15) is 5.76 Å². The smallest absolute Gasteiger partial charge is 0.255 e. The largest absolute Gasteiger partial charge is 0.467 e. The number of aromatic amines is 1. The van der Waals surface area contributed by atoms with Crippen molar-refractivity contribution in [2.45, 2.75) is 32.7 Å². The lowest BCUT2D eigenvalue weighted by Gasteiger charge is -2.27. The van der Waals surface area contributed by atoms with Gasteiger partial charge in [-0.3, -0.25) is 14.6 Å². The Morgan fingerprint density at radius 2 is 2.19 bits per heavy atom. The van der Waals surface area contributed by atoms with E-state index in [2.05, 4.69) is 15.3 Å². The Morgan fingerprint density at radius 1 is 1.42 bits per heavy atom. The predicted octanol–water partition coefficient (Wildman–Crippen LogP) is 1.32. The molecule has 3 rings (SSSR count). The van der Waals surface area contributed by atoms with Crippen LogP contribution >= 0.6 is 0 Å². The van der Waals surface area contributed by atoms with Crippen molar-refractivity contribution in [2.24, 2.45) is 0 Å². The van der Waals surface area contributed by atoms with Crippen LogP contribution in [0, 0.1) is 6.92 Å². The van der Waals surface area contributed by atoms with E-state index in [0.717, 1.165) is 0 Å². The molecule has 2 N–H and O–H groups in total. The van der Waals surface area contributed by atoms with Crippen LogP contribution in [0.4, 0.5) is 5.95 Å². The molecule has 8 nitrogen and oxygen atoms in total. The van der Waals surface area contributed by atoms with Crippen LogP contribution in [0.3, 0.4) is 0 Å². The minimum absolute atomic E-state index is 0.134. The molecular weight excluding hydrogens is 336 g/mol. The third-order valence-electron chi connectivity index (χ3n) is 4.47. The number of hydrogen-bond donors (Lipinski definition) is 2. The fourth-order valence-corrected chi connectivity index (χ4v) is 2.98. The summed E-state index contributed by atoms with van der Waals surface area (Å²) < 4.78 is 10.6. The number of hydrogen-bond acceptors (Lipinski definition) is 6. The van der Waals surface area contributed by atoms with E-state index < -0.39 is 0 Å². The number of aromatic nitrogens is 2. The van der Waals surface area contributed by atoms with Gasteiger partial charge in [0.05, 0.1) is 25.5 Å². The lowest BCUT2D eigenvalue weighted by atomic mass is 10.1. The summed E-state index contributed by atoms with van der Waals surface area (Å²) in [6.45, 7) is 6.31. The number of aryl methyl sites for hydroxylation is 1. The molecule has 1 unspecified atom stereocenters. The van der Waals surface area contributed by atoms with Gasteiger partial charge < -0.3 is 19.4 Å². The average Bonchev–Trinajstić information content (AvgIpc) is 3.16. The molecule has 1 saturated heterocycles. The third kappa shape index (κ3) is 4.32. The molecule has 0 saturated carbocycles. The fourth-order valence-electron chi connectivity index (χ4n) is 2.98. The second kappa shape index (κ2) is 8.18. The Labute approximate surface area is 151 Å². The van der Waals surface area contributed by atoms with E-state index >= 15 is 0 Å². The number of furan rings is 1. The summed E-state index contributed by atoms with van der Waals surface area (Å²) >= 11 is 0. The van der Waals surface area contributed by atoms with Crippen LogP contribution in [-0.4, -0.2) is 42.2 Å². The fraction of sp³-hybridized carbons (Fsp3) is 0.500. The van der Waals surface area contributed by atoms with Gasteiger partial charge in [0.2, 0.25) is 11.9 Å². The number of H-pyrrole nitrogens is 1. The van der Waals surface area contributed by atoms with Crippen LogP contribution in [0.15, 0.2) is 27.6 Å². The van der Waals surface area contributed by atoms with Crippen molar-refractivity contribution in [3.63, 3.8) is 0 Å². The van der Waals surface area contributed by atoms with E-state index in [1.165, 1.54) is 0 Å². The van der Waals surface area contributed by atoms with Crippen molar-refractivity contribution in [1.29, 1.82) is 0 Å². The zero-order chi connectivity index (χ0) is 18.5. The molecule has 1 aliphatic heterocycles. The van der Waals surface area contributed by atoms with Gasteiger partial charge in [-0.25, -0.2) is 4.98 Å². The van der Waals surface area contributed by atoms with Crippen molar-refractivity contribution in [2.75, 3.05) is 31.2 Å². The van der Waals surface area contributed by atoms with E-state index in [1.54, 1.807) is 19.3 Å². The molecule has 1 fully saturated rings. The Balaban J connectivity index is 1.60. The Morgan fingerprint density at radius 3 is 2.85 bits per heavy atom. The van der Waals surface area contributed by atoms with E-state index in [9.17, 15) is 9.59 Å². The average molecular weight is 360 g/mol. The first-order valence-electron chi connectivity index (χ1n) is 8.80. The molecule has 1 aliphatic rings. The second-order valence-electron chi connectivity index (χ2n) is 6.36. The Hall–Kier alpha value is -2.61. The van der Waals surface area contributed by atoms with Crippen molar-refractivity contribution in [3.05, 3.63) is 45.8 Å². The summed E-state index contributed by atoms with van der Waals surface area (Å²) in [5.41, 5.74) is 1.01. The van der Waals surface area contributed by atoms with Crippen LogP contribution < -0.4 is 15.8 Å². The Kier molecular flexibility index (Phi) is 5.72. The van der Waals surface area contributed by atoms with E-state index in [-0.39, 0.29) is 23.9 Å². The minimum atomic E-state index is -0.210. The van der Waals surface area contributed by atoms with Crippen LogP contribution in [0.2, 0.25) is 0 Å². The lowest BCUT2D eigenvalue weighted by Crippen LogP contribution is -2.38. The first-order valence-corrected chi connectivity index (χ1v) is 8.80. The van der Waals surface area contributed by atoms with E-state index in [1.807, 2.05) is 17.9 Å². The summed E-state index contributed by atoms with van der Waals surface area (Å²) in [4.78, 5) is 33.9. The first-order chi connectivity index (χ1) is 12.5. The molecule has 1 amide bonds. The molecular formula is C18H24N4O4. The Bertz CT molecular complexity index is 794. The van der Waals surface area contributed by atoms with E-state index in [4.69, 9.17) is 9.15 Å². The van der Waals surface area contributed by atoms with Crippen molar-refractivity contribution >= 4 is 11.9 Å². The molecule has 1 atom stereocenters. The number of anilines is 1. The molecule has 0 aliphatic carbocycles. The normalized spacial score (nSPS) is 15.7. The molecule has 2 aromatic rings. The van der Waals surface area contributed by atoms with Crippen molar-refractivity contribution in [3.8, 4) is 0 Å². The molecule has 0 aromatic carbocycles. The number of carbonyl (C=O) groups is 1. The van der Waals surface area contributed by atoms with Gasteiger partial charge in [0.25, 0.3) is 5.56 Å². The van der Waals surface area contributed by atoms with Crippen molar-refractivity contribution < 1.29 is 13.9 Å². The maximum atomic E-state index is 12.4. The quantitative estimate of drug-likeness (QED) is 0.806. The highest BCUT2D eigenvalue weighted by atomic mass is 16.5. The zero-order valence-electron chi connectivity index (χ0n) is 15.1. The molecule has 3 heterocycles. The lowest BCUT2D eigenvalue weighted by molar-refractivity contribution is -0.121. The highest BCUT2D eigenvalue weighted by Gasteiger charge is 2.17. The van der Waals surface area contributed by atoms with Crippen LogP contribution in [0.1, 0.15) is 36.4 Å². The van der Waals surface area contributed by atoms with Gasteiger partial charge in [0.15, 0.2) is 0 Å². The molecule has 0 radical (unpaired) electrons. The second-order valence-corrected chi connectivity index (χ2v) is 6.36. The maximum Gasteiger partial charge on any atom is 0.255 e.